The van der Waals surface area contributed by atoms with Crippen molar-refractivity contribution < 1.29 is 19.2 Å². The van der Waals surface area contributed by atoms with Gasteiger partial charge in [0, 0.05) is 5.56 Å². The van der Waals surface area contributed by atoms with Gasteiger partial charge in [0.05, 0.1) is 21.7 Å². The Labute approximate surface area is 177 Å². The Morgan fingerprint density at radius 2 is 1.30 bits per heavy atom. The van der Waals surface area contributed by atoms with Crippen LogP contribution in [0.4, 0.5) is 0 Å². The van der Waals surface area contributed by atoms with Gasteiger partial charge < -0.3 is 0 Å². The molecule has 0 aliphatic carbocycles. The molecule has 0 bridgehead atoms. The number of rotatable bonds is 5. The monoisotopic (exact) mass is 418 g/mol. The second-order valence-electron chi connectivity index (χ2n) is 6.60. The maximum Gasteiger partial charge on any atom is 0.280 e. The first-order chi connectivity index (χ1) is 14.5. The van der Waals surface area contributed by atoms with E-state index in [2.05, 4.69) is 0 Å². The molecule has 3 amide bonds. The van der Waals surface area contributed by atoms with Crippen molar-refractivity contribution in [2.75, 3.05) is 6.54 Å². The van der Waals surface area contributed by atoms with Crippen molar-refractivity contribution >= 4 is 35.1 Å². The molecule has 7 heteroatoms. The Balaban J connectivity index is 1.76. The number of hydrazine groups is 1. The summed E-state index contributed by atoms with van der Waals surface area (Å²) in [5.74, 6) is -2.49. The number of ketones is 1. The molecule has 148 valence electrons. The molecule has 0 spiro atoms. The third-order valence-corrected chi connectivity index (χ3v) is 5.07. The van der Waals surface area contributed by atoms with Gasteiger partial charge in [0.25, 0.3) is 17.7 Å². The normalized spacial score (nSPS) is 12.6. The number of fused-ring (bicyclic) bond motifs is 1. The van der Waals surface area contributed by atoms with E-state index in [4.69, 9.17) is 11.6 Å². The molecule has 1 heterocycles. The topological polar surface area (TPSA) is 74.8 Å². The molecule has 3 aromatic carbocycles. The number of carbonyl (C=O) groups excluding carboxylic acids is 4. The maximum absolute atomic E-state index is 13.3. The highest BCUT2D eigenvalue weighted by molar-refractivity contribution is 6.34. The Kier molecular flexibility index (Phi) is 5.16. The fourth-order valence-electron chi connectivity index (χ4n) is 3.25. The number of benzene rings is 3. The number of carbonyl (C=O) groups is 4. The summed E-state index contributed by atoms with van der Waals surface area (Å²) in [7, 11) is 0. The summed E-state index contributed by atoms with van der Waals surface area (Å²) in [6, 6.07) is 20.9. The second kappa shape index (κ2) is 7.93. The van der Waals surface area contributed by atoms with E-state index in [1.807, 2.05) is 0 Å². The molecular formula is C23H15ClN2O4. The average molecular weight is 419 g/mol. The van der Waals surface area contributed by atoms with E-state index in [0.717, 1.165) is 10.0 Å². The largest absolute Gasteiger partial charge is 0.292 e. The highest BCUT2D eigenvalue weighted by Crippen LogP contribution is 2.27. The molecule has 0 N–H and O–H groups in total. The minimum absolute atomic E-state index is 0.0802. The predicted octanol–water partition coefficient (Wildman–Crippen LogP) is 3.88. The van der Waals surface area contributed by atoms with Crippen LogP contribution in [0.15, 0.2) is 78.9 Å². The van der Waals surface area contributed by atoms with E-state index >= 15 is 0 Å². The summed E-state index contributed by atoms with van der Waals surface area (Å²) in [6.45, 7) is -0.500. The number of nitrogens with zero attached hydrogens (tertiary/aromatic N) is 2. The predicted molar refractivity (Wildman–Crippen MR) is 110 cm³/mol. The van der Waals surface area contributed by atoms with Crippen LogP contribution in [0.2, 0.25) is 5.02 Å². The van der Waals surface area contributed by atoms with Crippen LogP contribution >= 0.6 is 11.6 Å². The molecule has 0 aromatic heterocycles. The van der Waals surface area contributed by atoms with Crippen LogP contribution < -0.4 is 0 Å². The van der Waals surface area contributed by atoms with E-state index in [0.29, 0.717) is 5.56 Å². The number of imide groups is 1. The highest BCUT2D eigenvalue weighted by atomic mass is 35.5. The van der Waals surface area contributed by atoms with Gasteiger partial charge in [-0.2, -0.15) is 5.01 Å². The van der Waals surface area contributed by atoms with E-state index in [1.165, 1.54) is 24.3 Å². The van der Waals surface area contributed by atoms with Gasteiger partial charge in [-0.25, -0.2) is 5.01 Å². The van der Waals surface area contributed by atoms with Crippen LogP contribution in [0.25, 0.3) is 0 Å². The van der Waals surface area contributed by atoms with Crippen LogP contribution in [0.5, 0.6) is 0 Å². The molecule has 30 heavy (non-hydrogen) atoms. The molecule has 1 aliphatic heterocycles. The summed E-state index contributed by atoms with van der Waals surface area (Å²) in [6.07, 6.45) is 0. The summed E-state index contributed by atoms with van der Waals surface area (Å²) >= 11 is 6.16. The zero-order valence-electron chi connectivity index (χ0n) is 15.6. The van der Waals surface area contributed by atoms with Crippen LogP contribution in [0, 0.1) is 0 Å². The molecule has 0 atom stereocenters. The zero-order chi connectivity index (χ0) is 21.3. The van der Waals surface area contributed by atoms with Crippen LogP contribution in [0.1, 0.15) is 41.4 Å². The van der Waals surface area contributed by atoms with Crippen LogP contribution in [-0.2, 0) is 0 Å². The maximum atomic E-state index is 13.3. The first kappa shape index (κ1) is 19.5. The van der Waals surface area contributed by atoms with Crippen molar-refractivity contribution in [2.24, 2.45) is 0 Å². The fraction of sp³-hybridized carbons (Fsp3) is 0.0435. The molecule has 0 saturated heterocycles. The van der Waals surface area contributed by atoms with E-state index in [-0.39, 0.29) is 21.7 Å². The van der Waals surface area contributed by atoms with Crippen molar-refractivity contribution in [2.45, 2.75) is 0 Å². The summed E-state index contributed by atoms with van der Waals surface area (Å²) in [5.41, 5.74) is 0.779. The van der Waals surface area contributed by atoms with Crippen molar-refractivity contribution in [1.82, 2.24) is 10.0 Å². The zero-order valence-corrected chi connectivity index (χ0v) is 16.4. The third kappa shape index (κ3) is 3.38. The van der Waals surface area contributed by atoms with Crippen molar-refractivity contribution in [3.8, 4) is 0 Å². The van der Waals surface area contributed by atoms with Crippen molar-refractivity contribution in [1.29, 1.82) is 0 Å². The SMILES string of the molecule is O=C(CN(C(=O)c1ccccc1Cl)N1C(=O)c2ccccc2C1=O)c1ccccc1. The molecule has 1 aliphatic rings. The molecule has 3 aromatic rings. The molecular weight excluding hydrogens is 404 g/mol. The smallest absolute Gasteiger partial charge is 0.280 e. The number of hydrogen-bond donors (Lipinski definition) is 0. The van der Waals surface area contributed by atoms with E-state index < -0.39 is 30.0 Å². The highest BCUT2D eigenvalue weighted by Gasteiger charge is 2.42. The van der Waals surface area contributed by atoms with E-state index in [1.54, 1.807) is 54.6 Å². The number of amides is 3. The average Bonchev–Trinajstić information content (AvgIpc) is 3.03. The van der Waals surface area contributed by atoms with Crippen LogP contribution in [0.3, 0.4) is 0 Å². The van der Waals surface area contributed by atoms with Gasteiger partial charge in [-0.3, -0.25) is 19.2 Å². The number of hydrogen-bond acceptors (Lipinski definition) is 4. The van der Waals surface area contributed by atoms with Gasteiger partial charge in [-0.1, -0.05) is 66.2 Å². The standard InChI is InChI=1S/C23H15ClN2O4/c24-19-13-7-6-12-18(19)21(28)25(14-20(27)15-8-2-1-3-9-15)26-22(29)16-10-4-5-11-17(16)23(26)30/h1-13H,14H2. The van der Waals surface area contributed by atoms with Crippen molar-refractivity contribution in [3.05, 3.63) is 106 Å². The molecule has 0 saturated carbocycles. The fourth-order valence-corrected chi connectivity index (χ4v) is 3.47. The Hall–Kier alpha value is -3.77. The van der Waals surface area contributed by atoms with Crippen molar-refractivity contribution in [3.63, 3.8) is 0 Å². The van der Waals surface area contributed by atoms with Gasteiger partial charge in [-0.15, -0.1) is 0 Å². The minimum atomic E-state index is -0.723. The lowest BCUT2D eigenvalue weighted by atomic mass is 10.1. The lowest BCUT2D eigenvalue weighted by Gasteiger charge is -2.29. The third-order valence-electron chi connectivity index (χ3n) is 4.74. The lowest BCUT2D eigenvalue weighted by molar-refractivity contribution is 0.00532. The quantitative estimate of drug-likeness (QED) is 0.465. The first-order valence-corrected chi connectivity index (χ1v) is 9.49. The first-order valence-electron chi connectivity index (χ1n) is 9.11. The summed E-state index contributed by atoms with van der Waals surface area (Å²) < 4.78 is 0. The lowest BCUT2D eigenvalue weighted by Crippen LogP contribution is -2.51. The van der Waals surface area contributed by atoms with Gasteiger partial charge in [0.2, 0.25) is 0 Å². The van der Waals surface area contributed by atoms with Crippen LogP contribution in [-0.4, -0.2) is 40.1 Å². The molecule has 6 nitrogen and oxygen atoms in total. The second-order valence-corrected chi connectivity index (χ2v) is 7.01. The molecule has 0 fully saturated rings. The number of halogens is 1. The van der Waals surface area contributed by atoms with Gasteiger partial charge >= 0.3 is 0 Å². The Bertz CT molecular complexity index is 1140. The number of Topliss-reactive ketones (excluding diaryl/α,β-unsaturated/α-hetero) is 1. The Morgan fingerprint density at radius 3 is 1.90 bits per heavy atom. The molecule has 4 rings (SSSR count). The van der Waals surface area contributed by atoms with Gasteiger partial charge in [0.15, 0.2) is 5.78 Å². The molecule has 0 radical (unpaired) electrons. The van der Waals surface area contributed by atoms with E-state index in [9.17, 15) is 19.2 Å². The van der Waals surface area contributed by atoms with Gasteiger partial charge in [0.1, 0.15) is 6.54 Å². The molecule has 0 unspecified atom stereocenters. The van der Waals surface area contributed by atoms with Gasteiger partial charge in [-0.05, 0) is 24.3 Å². The summed E-state index contributed by atoms with van der Waals surface area (Å²) in [4.78, 5) is 52.1. The summed E-state index contributed by atoms with van der Waals surface area (Å²) in [5, 5.41) is 1.73. The Morgan fingerprint density at radius 1 is 0.767 bits per heavy atom. The minimum Gasteiger partial charge on any atom is -0.292 e.